The Labute approximate surface area is 147 Å². The van der Waals surface area contributed by atoms with Crippen molar-refractivity contribution in [3.05, 3.63) is 22.4 Å². The molecule has 2 aliphatic carbocycles. The smallest absolute Gasteiger partial charge is 0.374 e. The van der Waals surface area contributed by atoms with Crippen molar-refractivity contribution in [2.24, 2.45) is 23.7 Å². The fourth-order valence-corrected chi connectivity index (χ4v) is 5.24. The molecule has 136 valence electrons. The van der Waals surface area contributed by atoms with Crippen LogP contribution in [-0.2, 0) is 0 Å². The topological polar surface area (TPSA) is 3.24 Å². The van der Waals surface area contributed by atoms with E-state index in [4.69, 9.17) is 11.6 Å². The van der Waals surface area contributed by atoms with Crippen molar-refractivity contribution in [2.75, 3.05) is 7.05 Å². The summed E-state index contributed by atoms with van der Waals surface area (Å²) in [5.41, 5.74) is 2.46. The summed E-state index contributed by atoms with van der Waals surface area (Å²) in [4.78, 5) is 2.11. The zero-order valence-electron chi connectivity index (χ0n) is 14.7. The highest BCUT2D eigenvalue weighted by Gasteiger charge is 2.50. The van der Waals surface area contributed by atoms with Crippen LogP contribution in [0.1, 0.15) is 52.4 Å². The van der Waals surface area contributed by atoms with Crippen molar-refractivity contribution in [3.8, 4) is 0 Å². The van der Waals surface area contributed by atoms with Gasteiger partial charge in [-0.25, -0.2) is 0 Å². The van der Waals surface area contributed by atoms with Crippen molar-refractivity contribution >= 4 is 11.6 Å². The van der Waals surface area contributed by atoms with Crippen molar-refractivity contribution in [1.82, 2.24) is 4.90 Å². The lowest BCUT2D eigenvalue weighted by Gasteiger charge is -2.40. The first-order valence-corrected chi connectivity index (χ1v) is 9.44. The molecule has 0 spiro atoms. The first-order valence-electron chi connectivity index (χ1n) is 9.06. The molecule has 0 bridgehead atoms. The van der Waals surface area contributed by atoms with Gasteiger partial charge in [0.2, 0.25) is 0 Å². The molecule has 1 saturated carbocycles. The number of allylic oxidation sites excluding steroid dienone is 2. The van der Waals surface area contributed by atoms with Crippen molar-refractivity contribution in [2.45, 2.75) is 64.6 Å². The highest BCUT2D eigenvalue weighted by molar-refractivity contribution is 6.30. The van der Waals surface area contributed by atoms with Crippen molar-refractivity contribution in [3.63, 3.8) is 0 Å². The van der Waals surface area contributed by atoms with Gasteiger partial charge in [-0.3, -0.25) is 0 Å². The lowest BCUT2D eigenvalue weighted by Crippen LogP contribution is -2.43. The predicted octanol–water partition coefficient (Wildman–Crippen LogP) is 6.11. The van der Waals surface area contributed by atoms with Crippen LogP contribution >= 0.6 is 11.6 Å². The first kappa shape index (κ1) is 18.2. The maximum atomic E-state index is 13.2. The molecule has 3 rings (SSSR count). The molecule has 0 N–H and O–H groups in total. The third-order valence-electron chi connectivity index (χ3n) is 6.43. The summed E-state index contributed by atoms with van der Waals surface area (Å²) in [7, 11) is 1.96. The quantitative estimate of drug-likeness (QED) is 0.573. The molecule has 0 aromatic rings. The summed E-state index contributed by atoms with van der Waals surface area (Å²) in [6, 6.07) is -0.0198. The van der Waals surface area contributed by atoms with E-state index in [9.17, 15) is 13.2 Å². The van der Waals surface area contributed by atoms with E-state index in [1.165, 1.54) is 11.3 Å². The third kappa shape index (κ3) is 3.36. The molecule has 24 heavy (non-hydrogen) atoms. The van der Waals surface area contributed by atoms with Crippen molar-refractivity contribution in [1.29, 1.82) is 0 Å². The normalized spacial score (nSPS) is 37.5. The van der Waals surface area contributed by atoms with Gasteiger partial charge in [-0.2, -0.15) is 13.2 Å². The van der Waals surface area contributed by atoms with Gasteiger partial charge in [0, 0.05) is 36.2 Å². The summed E-state index contributed by atoms with van der Waals surface area (Å²) in [6.07, 6.45) is 2.66. The monoisotopic (exact) mass is 361 g/mol. The van der Waals surface area contributed by atoms with E-state index >= 15 is 0 Å². The highest BCUT2D eigenvalue weighted by Crippen LogP contribution is 2.49. The van der Waals surface area contributed by atoms with E-state index in [1.807, 2.05) is 14.0 Å². The van der Waals surface area contributed by atoms with Crippen LogP contribution in [0.2, 0.25) is 0 Å². The fourth-order valence-electron chi connectivity index (χ4n) is 4.86. The minimum Gasteiger partial charge on any atom is -0.374 e. The average Bonchev–Trinajstić information content (AvgIpc) is 2.80. The van der Waals surface area contributed by atoms with Crippen LogP contribution in [0.5, 0.6) is 0 Å². The van der Waals surface area contributed by atoms with Crippen LogP contribution in [-0.4, -0.2) is 24.2 Å². The summed E-state index contributed by atoms with van der Waals surface area (Å²) in [5, 5.41) is 0.971. The largest absolute Gasteiger partial charge is 0.391 e. The maximum Gasteiger partial charge on any atom is 0.391 e. The number of hydrogen-bond donors (Lipinski definition) is 0. The molecule has 0 amide bonds. The second-order valence-electron chi connectivity index (χ2n) is 8.00. The summed E-state index contributed by atoms with van der Waals surface area (Å²) in [6.45, 7) is 4.18. The Morgan fingerprint density at radius 2 is 1.96 bits per heavy atom. The SMILES string of the molecule is CC1CCCC(Cl)=C1CC1=CC2C(C)CC(C(F)(F)F)CC2N1C. The number of hydrogen-bond acceptors (Lipinski definition) is 1. The summed E-state index contributed by atoms with van der Waals surface area (Å²) < 4.78 is 39.6. The van der Waals surface area contributed by atoms with Crippen LogP contribution in [0.15, 0.2) is 22.4 Å². The fraction of sp³-hybridized carbons (Fsp3) is 0.789. The molecule has 0 saturated heterocycles. The maximum absolute atomic E-state index is 13.2. The molecule has 5 atom stereocenters. The Morgan fingerprint density at radius 3 is 2.58 bits per heavy atom. The van der Waals surface area contributed by atoms with Crippen LogP contribution < -0.4 is 0 Å². The van der Waals surface area contributed by atoms with E-state index in [2.05, 4.69) is 17.9 Å². The molecule has 3 aliphatic rings. The lowest BCUT2D eigenvalue weighted by atomic mass is 9.72. The molecule has 1 heterocycles. The Hall–Kier alpha value is -0.640. The number of rotatable bonds is 2. The second-order valence-corrected chi connectivity index (χ2v) is 8.46. The van der Waals surface area contributed by atoms with Crippen LogP contribution in [0, 0.1) is 23.7 Å². The molecular weight excluding hydrogens is 335 g/mol. The molecule has 0 aromatic carbocycles. The summed E-state index contributed by atoms with van der Waals surface area (Å²) in [5.74, 6) is -0.380. The molecule has 5 unspecified atom stereocenters. The van der Waals surface area contributed by atoms with Crippen LogP contribution in [0.25, 0.3) is 0 Å². The Morgan fingerprint density at radius 1 is 1.25 bits per heavy atom. The number of alkyl halides is 3. The van der Waals surface area contributed by atoms with Gasteiger partial charge in [-0.15, -0.1) is 0 Å². The predicted molar refractivity (Wildman–Crippen MR) is 91.6 cm³/mol. The highest BCUT2D eigenvalue weighted by atomic mass is 35.5. The Bertz CT molecular complexity index is 551. The zero-order chi connectivity index (χ0) is 17.6. The Balaban J connectivity index is 1.77. The summed E-state index contributed by atoms with van der Waals surface area (Å²) >= 11 is 6.45. The van der Waals surface area contributed by atoms with Gasteiger partial charge in [0.05, 0.1) is 5.92 Å². The molecule has 0 aromatic heterocycles. The van der Waals surface area contributed by atoms with Gasteiger partial charge < -0.3 is 4.90 Å². The first-order chi connectivity index (χ1) is 11.2. The van der Waals surface area contributed by atoms with Gasteiger partial charge in [0.25, 0.3) is 0 Å². The number of nitrogens with zero attached hydrogens (tertiary/aromatic N) is 1. The van der Waals surface area contributed by atoms with E-state index in [-0.39, 0.29) is 30.7 Å². The van der Waals surface area contributed by atoms with Gasteiger partial charge in [0.1, 0.15) is 0 Å². The number of fused-ring (bicyclic) bond motifs is 1. The van der Waals surface area contributed by atoms with E-state index in [0.29, 0.717) is 5.92 Å². The van der Waals surface area contributed by atoms with E-state index < -0.39 is 12.1 Å². The molecule has 0 radical (unpaired) electrons. The molecule has 1 fully saturated rings. The third-order valence-corrected chi connectivity index (χ3v) is 6.86. The minimum absolute atomic E-state index is 0.0198. The van der Waals surface area contributed by atoms with E-state index in [1.54, 1.807) is 0 Å². The molecule has 1 aliphatic heterocycles. The minimum atomic E-state index is -4.08. The van der Waals surface area contributed by atoms with Gasteiger partial charge in [0.15, 0.2) is 0 Å². The zero-order valence-corrected chi connectivity index (χ0v) is 15.4. The van der Waals surface area contributed by atoms with Crippen molar-refractivity contribution < 1.29 is 13.2 Å². The molecule has 1 nitrogen and oxygen atoms in total. The Kier molecular flexibility index (Phi) is 4.98. The average molecular weight is 362 g/mol. The van der Waals surface area contributed by atoms with Gasteiger partial charge >= 0.3 is 6.18 Å². The lowest BCUT2D eigenvalue weighted by molar-refractivity contribution is -0.191. The van der Waals surface area contributed by atoms with Crippen LogP contribution in [0.4, 0.5) is 13.2 Å². The second kappa shape index (κ2) is 6.59. The van der Waals surface area contributed by atoms with Gasteiger partial charge in [-0.1, -0.05) is 31.5 Å². The van der Waals surface area contributed by atoms with Gasteiger partial charge in [-0.05, 0) is 49.5 Å². The van der Waals surface area contributed by atoms with Crippen LogP contribution in [0.3, 0.4) is 0 Å². The standard InChI is InChI=1S/C19H27ClF3N/c1-11-5-4-6-17(20)15(11)9-14-10-16-12(2)7-13(19(21,22)23)8-18(16)24(14)3/h10-13,16,18H,4-9H2,1-3H3. The van der Waals surface area contributed by atoms with E-state index in [0.717, 1.165) is 30.7 Å². The molecule has 5 heteroatoms. The molecular formula is C19H27ClF3N. The number of halogens is 4.